The standard InChI is InChI=1S/C16H19ClN2O2S/c17-15-7-6-14(22-15)16(20)18-11-12(13-5-4-10-21-13)19-8-2-1-3-9-19/h4-7,10,12H,1-3,8-9,11H2,(H,18,20)/t12-/m0/s1. The molecule has 0 unspecified atom stereocenters. The predicted octanol–water partition coefficient (Wildman–Crippen LogP) is 3.95. The van der Waals surface area contributed by atoms with E-state index in [9.17, 15) is 4.79 Å². The Hall–Kier alpha value is -1.30. The van der Waals surface area contributed by atoms with Crippen LogP contribution in [0.2, 0.25) is 4.34 Å². The van der Waals surface area contributed by atoms with E-state index in [0.29, 0.717) is 15.8 Å². The Morgan fingerprint density at radius 3 is 2.77 bits per heavy atom. The van der Waals surface area contributed by atoms with Crippen LogP contribution in [-0.2, 0) is 0 Å². The van der Waals surface area contributed by atoms with Crippen LogP contribution < -0.4 is 5.32 Å². The summed E-state index contributed by atoms with van der Waals surface area (Å²) < 4.78 is 6.21. The first-order valence-corrected chi connectivity index (χ1v) is 8.74. The van der Waals surface area contributed by atoms with E-state index in [2.05, 4.69) is 10.2 Å². The molecule has 3 heterocycles. The van der Waals surface area contributed by atoms with Crippen LogP contribution in [-0.4, -0.2) is 30.4 Å². The van der Waals surface area contributed by atoms with Crippen molar-refractivity contribution in [3.63, 3.8) is 0 Å². The maximum Gasteiger partial charge on any atom is 0.261 e. The molecule has 1 fully saturated rings. The average Bonchev–Trinajstić information content (AvgIpc) is 3.20. The number of carbonyl (C=O) groups is 1. The Bertz CT molecular complexity index is 605. The van der Waals surface area contributed by atoms with Gasteiger partial charge in [-0.25, -0.2) is 0 Å². The van der Waals surface area contributed by atoms with Crippen LogP contribution in [0.5, 0.6) is 0 Å². The summed E-state index contributed by atoms with van der Waals surface area (Å²) in [5.74, 6) is 0.830. The van der Waals surface area contributed by atoms with E-state index in [0.717, 1.165) is 18.8 Å². The Labute approximate surface area is 139 Å². The van der Waals surface area contributed by atoms with Crippen LogP contribution >= 0.6 is 22.9 Å². The highest BCUT2D eigenvalue weighted by Crippen LogP contribution is 2.25. The largest absolute Gasteiger partial charge is 0.468 e. The lowest BCUT2D eigenvalue weighted by atomic mass is 10.1. The van der Waals surface area contributed by atoms with Gasteiger partial charge >= 0.3 is 0 Å². The Morgan fingerprint density at radius 2 is 2.14 bits per heavy atom. The summed E-state index contributed by atoms with van der Waals surface area (Å²) in [6, 6.07) is 7.47. The normalized spacial score (nSPS) is 17.3. The van der Waals surface area contributed by atoms with E-state index in [1.165, 1.54) is 30.6 Å². The molecule has 3 rings (SSSR count). The van der Waals surface area contributed by atoms with Crippen molar-refractivity contribution in [2.75, 3.05) is 19.6 Å². The third-order valence-corrected chi connectivity index (χ3v) is 5.19. The quantitative estimate of drug-likeness (QED) is 0.897. The number of furan rings is 1. The lowest BCUT2D eigenvalue weighted by Gasteiger charge is -2.33. The average molecular weight is 339 g/mol. The van der Waals surface area contributed by atoms with Gasteiger partial charge in [0.1, 0.15) is 5.76 Å². The number of nitrogens with one attached hydrogen (secondary N) is 1. The van der Waals surface area contributed by atoms with Crippen molar-refractivity contribution in [2.45, 2.75) is 25.3 Å². The van der Waals surface area contributed by atoms with Crippen molar-refractivity contribution in [1.82, 2.24) is 10.2 Å². The van der Waals surface area contributed by atoms with Crippen molar-refractivity contribution in [3.05, 3.63) is 45.5 Å². The highest BCUT2D eigenvalue weighted by atomic mass is 35.5. The minimum atomic E-state index is -0.0783. The van der Waals surface area contributed by atoms with Crippen molar-refractivity contribution in [1.29, 1.82) is 0 Å². The number of thiophene rings is 1. The zero-order chi connectivity index (χ0) is 15.4. The van der Waals surface area contributed by atoms with Gasteiger partial charge in [-0.3, -0.25) is 9.69 Å². The maximum atomic E-state index is 12.2. The molecular formula is C16H19ClN2O2S. The lowest BCUT2D eigenvalue weighted by molar-refractivity contribution is 0.0918. The van der Waals surface area contributed by atoms with Crippen molar-refractivity contribution < 1.29 is 9.21 Å². The van der Waals surface area contributed by atoms with Crippen LogP contribution in [0, 0.1) is 0 Å². The number of carbonyl (C=O) groups excluding carboxylic acids is 1. The van der Waals surface area contributed by atoms with Gasteiger partial charge in [-0.15, -0.1) is 11.3 Å². The summed E-state index contributed by atoms with van der Waals surface area (Å²) in [5, 5.41) is 3.01. The summed E-state index contributed by atoms with van der Waals surface area (Å²) in [7, 11) is 0. The molecule has 0 aromatic carbocycles. The molecule has 0 spiro atoms. The molecule has 1 aliphatic heterocycles. The number of nitrogens with zero attached hydrogens (tertiary/aromatic N) is 1. The molecule has 2 aromatic rings. The van der Waals surface area contributed by atoms with Crippen LogP contribution in [0.3, 0.4) is 0 Å². The van der Waals surface area contributed by atoms with E-state index in [4.69, 9.17) is 16.0 Å². The molecule has 4 nitrogen and oxygen atoms in total. The fraction of sp³-hybridized carbons (Fsp3) is 0.438. The Kier molecular flexibility index (Phi) is 5.18. The van der Waals surface area contributed by atoms with Crippen LogP contribution in [0.4, 0.5) is 0 Å². The SMILES string of the molecule is O=C(NC[C@@H](c1ccco1)N1CCCCC1)c1ccc(Cl)s1. The van der Waals surface area contributed by atoms with Gasteiger partial charge in [-0.2, -0.15) is 0 Å². The summed E-state index contributed by atoms with van der Waals surface area (Å²) in [4.78, 5) is 15.2. The van der Waals surface area contributed by atoms with Gasteiger partial charge in [0, 0.05) is 6.54 Å². The Morgan fingerprint density at radius 1 is 1.32 bits per heavy atom. The fourth-order valence-electron chi connectivity index (χ4n) is 2.83. The monoisotopic (exact) mass is 338 g/mol. The smallest absolute Gasteiger partial charge is 0.261 e. The Balaban J connectivity index is 1.66. The van der Waals surface area contributed by atoms with Crippen molar-refractivity contribution in [2.24, 2.45) is 0 Å². The molecule has 1 saturated heterocycles. The van der Waals surface area contributed by atoms with Gasteiger partial charge in [0.2, 0.25) is 0 Å². The first kappa shape index (κ1) is 15.6. The summed E-state index contributed by atoms with van der Waals surface area (Å²) >= 11 is 7.18. The molecule has 0 aliphatic carbocycles. The summed E-state index contributed by atoms with van der Waals surface area (Å²) in [5.41, 5.74) is 0. The molecule has 0 bridgehead atoms. The van der Waals surface area contributed by atoms with E-state index in [1.807, 2.05) is 12.1 Å². The minimum absolute atomic E-state index is 0.0783. The number of amides is 1. The van der Waals surface area contributed by atoms with Gasteiger partial charge in [0.25, 0.3) is 5.91 Å². The summed E-state index contributed by atoms with van der Waals surface area (Å²) in [6.45, 7) is 2.64. The third-order valence-electron chi connectivity index (χ3n) is 3.96. The zero-order valence-electron chi connectivity index (χ0n) is 12.3. The molecule has 1 amide bonds. The van der Waals surface area contributed by atoms with Gasteiger partial charge in [0.05, 0.1) is 21.5 Å². The molecular weight excluding hydrogens is 320 g/mol. The predicted molar refractivity (Wildman–Crippen MR) is 88.5 cm³/mol. The van der Waals surface area contributed by atoms with Crippen LogP contribution in [0.25, 0.3) is 0 Å². The van der Waals surface area contributed by atoms with E-state index >= 15 is 0 Å². The molecule has 0 radical (unpaired) electrons. The number of likely N-dealkylation sites (tertiary alicyclic amines) is 1. The molecule has 0 saturated carbocycles. The van der Waals surface area contributed by atoms with E-state index < -0.39 is 0 Å². The second-order valence-corrected chi connectivity index (χ2v) is 7.16. The third kappa shape index (κ3) is 3.72. The van der Waals surface area contributed by atoms with Gasteiger partial charge < -0.3 is 9.73 Å². The first-order valence-electron chi connectivity index (χ1n) is 7.55. The van der Waals surface area contributed by atoms with Crippen LogP contribution in [0.1, 0.15) is 40.7 Å². The molecule has 118 valence electrons. The first-order chi connectivity index (χ1) is 10.7. The van der Waals surface area contributed by atoms with Gasteiger partial charge in [-0.1, -0.05) is 18.0 Å². The van der Waals surface area contributed by atoms with Gasteiger partial charge in [-0.05, 0) is 50.2 Å². The minimum Gasteiger partial charge on any atom is -0.468 e. The topological polar surface area (TPSA) is 45.5 Å². The second kappa shape index (κ2) is 7.31. The number of piperidine rings is 1. The van der Waals surface area contributed by atoms with E-state index in [1.54, 1.807) is 18.4 Å². The summed E-state index contributed by atoms with van der Waals surface area (Å²) in [6.07, 6.45) is 5.37. The number of hydrogen-bond acceptors (Lipinski definition) is 4. The lowest BCUT2D eigenvalue weighted by Crippen LogP contribution is -2.40. The zero-order valence-corrected chi connectivity index (χ0v) is 13.8. The maximum absolute atomic E-state index is 12.2. The fourth-order valence-corrected chi connectivity index (χ4v) is 3.79. The molecule has 2 aromatic heterocycles. The van der Waals surface area contributed by atoms with E-state index in [-0.39, 0.29) is 11.9 Å². The number of hydrogen-bond donors (Lipinski definition) is 1. The van der Waals surface area contributed by atoms with Crippen LogP contribution in [0.15, 0.2) is 34.9 Å². The van der Waals surface area contributed by atoms with Crippen molar-refractivity contribution >= 4 is 28.8 Å². The molecule has 1 aliphatic rings. The molecule has 6 heteroatoms. The highest BCUT2D eigenvalue weighted by molar-refractivity contribution is 7.17. The number of rotatable bonds is 5. The van der Waals surface area contributed by atoms with Gasteiger partial charge in [0.15, 0.2) is 0 Å². The number of halogens is 1. The second-order valence-electron chi connectivity index (χ2n) is 5.44. The van der Waals surface area contributed by atoms with Crippen molar-refractivity contribution in [3.8, 4) is 0 Å². The molecule has 1 atom stereocenters. The molecule has 22 heavy (non-hydrogen) atoms. The molecule has 1 N–H and O–H groups in total. The highest BCUT2D eigenvalue weighted by Gasteiger charge is 2.25.